The van der Waals surface area contributed by atoms with E-state index in [-0.39, 0.29) is 5.91 Å². The number of carbonyl (C=O) groups excluding carboxylic acids is 1. The van der Waals surface area contributed by atoms with Crippen LogP contribution in [0.4, 0.5) is 0 Å². The van der Waals surface area contributed by atoms with Crippen molar-refractivity contribution < 1.29 is 4.79 Å². The number of nitrogens with zero attached hydrogens (tertiary/aromatic N) is 4. The Morgan fingerprint density at radius 1 is 1.27 bits per heavy atom. The van der Waals surface area contributed by atoms with E-state index in [1.807, 2.05) is 12.3 Å². The minimum Gasteiger partial charge on any atom is -0.351 e. The quantitative estimate of drug-likeness (QED) is 0.767. The minimum atomic E-state index is -0.0988. The summed E-state index contributed by atoms with van der Waals surface area (Å²) in [5.41, 5.74) is 3.97. The molecule has 0 aliphatic carbocycles. The van der Waals surface area contributed by atoms with Crippen LogP contribution < -0.4 is 5.32 Å². The first kappa shape index (κ1) is 16.7. The molecule has 3 heterocycles. The van der Waals surface area contributed by atoms with Gasteiger partial charge in [0, 0.05) is 25.8 Å². The van der Waals surface area contributed by atoms with Crippen LogP contribution in [0.5, 0.6) is 0 Å². The van der Waals surface area contributed by atoms with E-state index < -0.39 is 0 Å². The number of rotatable bonds is 5. The van der Waals surface area contributed by atoms with Gasteiger partial charge in [-0.05, 0) is 49.1 Å². The van der Waals surface area contributed by atoms with Crippen molar-refractivity contribution in [2.75, 3.05) is 26.2 Å². The molecular formula is C20H23N5O. The van der Waals surface area contributed by atoms with Gasteiger partial charge in [0.25, 0.3) is 5.91 Å². The highest BCUT2D eigenvalue weighted by Gasteiger charge is 2.24. The first-order valence-electron chi connectivity index (χ1n) is 9.07. The highest BCUT2D eigenvalue weighted by Crippen LogP contribution is 2.28. The molecule has 6 heteroatoms. The highest BCUT2D eigenvalue weighted by molar-refractivity contribution is 5.99. The van der Waals surface area contributed by atoms with Crippen LogP contribution in [-0.4, -0.2) is 51.6 Å². The van der Waals surface area contributed by atoms with Crippen molar-refractivity contribution in [3.05, 3.63) is 65.6 Å². The van der Waals surface area contributed by atoms with Crippen molar-refractivity contribution in [2.24, 2.45) is 0 Å². The second kappa shape index (κ2) is 7.25. The fourth-order valence-corrected chi connectivity index (χ4v) is 3.79. The van der Waals surface area contributed by atoms with Gasteiger partial charge in [-0.25, -0.2) is 0 Å². The monoisotopic (exact) mass is 349 g/mol. The van der Waals surface area contributed by atoms with Crippen molar-refractivity contribution in [1.29, 1.82) is 0 Å². The fourth-order valence-electron chi connectivity index (χ4n) is 3.79. The van der Waals surface area contributed by atoms with E-state index in [2.05, 4.69) is 51.6 Å². The Kier molecular flexibility index (Phi) is 4.67. The molecule has 0 radical (unpaired) electrons. The topological polar surface area (TPSA) is 62.5 Å². The Balaban J connectivity index is 1.31. The molecule has 6 nitrogen and oxygen atoms in total. The Hall–Kier alpha value is -2.73. The predicted octanol–water partition coefficient (Wildman–Crippen LogP) is 2.26. The number of nitrogens with one attached hydrogen (secondary N) is 1. The van der Waals surface area contributed by atoms with E-state index in [0.717, 1.165) is 19.6 Å². The molecule has 1 aromatic carbocycles. The third kappa shape index (κ3) is 3.32. The van der Waals surface area contributed by atoms with Gasteiger partial charge in [0.15, 0.2) is 5.65 Å². The van der Waals surface area contributed by atoms with Crippen LogP contribution in [0.25, 0.3) is 5.65 Å². The summed E-state index contributed by atoms with van der Waals surface area (Å²) in [4.78, 5) is 14.9. The maximum absolute atomic E-state index is 12.5. The molecule has 0 spiro atoms. The summed E-state index contributed by atoms with van der Waals surface area (Å²) >= 11 is 0. The Morgan fingerprint density at radius 2 is 2.15 bits per heavy atom. The number of hydrogen-bond donors (Lipinski definition) is 1. The zero-order valence-electron chi connectivity index (χ0n) is 14.9. The van der Waals surface area contributed by atoms with E-state index >= 15 is 0 Å². The number of fused-ring (bicyclic) bond motifs is 1. The third-order valence-corrected chi connectivity index (χ3v) is 5.18. The van der Waals surface area contributed by atoms with Gasteiger partial charge in [0.2, 0.25) is 0 Å². The summed E-state index contributed by atoms with van der Waals surface area (Å²) in [7, 11) is 0. The molecule has 134 valence electrons. The molecule has 1 atom stereocenters. The molecular weight excluding hydrogens is 326 g/mol. The normalized spacial score (nSPS) is 17.7. The second-order valence-corrected chi connectivity index (χ2v) is 6.88. The largest absolute Gasteiger partial charge is 0.351 e. The number of hydrogen-bond acceptors (Lipinski definition) is 4. The summed E-state index contributed by atoms with van der Waals surface area (Å²) in [6.07, 6.45) is 4.61. The van der Waals surface area contributed by atoms with Gasteiger partial charge < -0.3 is 10.2 Å². The molecule has 1 aliphatic rings. The third-order valence-electron chi connectivity index (χ3n) is 5.18. The van der Waals surface area contributed by atoms with Crippen LogP contribution in [0.3, 0.4) is 0 Å². The fraction of sp³-hybridized carbons (Fsp3) is 0.350. The van der Waals surface area contributed by atoms with Crippen molar-refractivity contribution in [3.63, 3.8) is 0 Å². The van der Waals surface area contributed by atoms with Crippen molar-refractivity contribution in [2.45, 2.75) is 19.3 Å². The van der Waals surface area contributed by atoms with Gasteiger partial charge in [0.1, 0.15) is 6.33 Å². The van der Waals surface area contributed by atoms with Crippen molar-refractivity contribution in [3.8, 4) is 0 Å². The van der Waals surface area contributed by atoms with Crippen LogP contribution in [0.15, 0.2) is 48.9 Å². The van der Waals surface area contributed by atoms with Crippen molar-refractivity contribution >= 4 is 11.6 Å². The van der Waals surface area contributed by atoms with Gasteiger partial charge in [-0.2, -0.15) is 0 Å². The van der Waals surface area contributed by atoms with Crippen molar-refractivity contribution in [1.82, 2.24) is 24.8 Å². The molecule has 4 rings (SSSR count). The van der Waals surface area contributed by atoms with Gasteiger partial charge in [-0.15, -0.1) is 10.2 Å². The van der Waals surface area contributed by atoms with Crippen LogP contribution in [0, 0.1) is 6.92 Å². The molecule has 1 fully saturated rings. The first-order valence-corrected chi connectivity index (χ1v) is 9.07. The molecule has 0 bridgehead atoms. The number of pyridine rings is 1. The highest BCUT2D eigenvalue weighted by atomic mass is 16.1. The summed E-state index contributed by atoms with van der Waals surface area (Å²) in [5.74, 6) is 0.495. The molecule has 3 aromatic rings. The molecule has 1 unspecified atom stereocenters. The minimum absolute atomic E-state index is 0.0988. The standard InChI is InChI=1S/C20H23N5O/c1-15-5-2-3-6-17(15)16-8-11-24(13-16)12-9-21-20(26)18-7-4-10-25-14-22-23-19(18)25/h2-7,10,14,16H,8-9,11-13H2,1H3,(H,21,26). The predicted molar refractivity (Wildman–Crippen MR) is 100 cm³/mol. The summed E-state index contributed by atoms with van der Waals surface area (Å²) in [6, 6.07) is 12.3. The Bertz CT molecular complexity index is 919. The van der Waals surface area contributed by atoms with E-state index in [1.165, 1.54) is 17.5 Å². The lowest BCUT2D eigenvalue weighted by Gasteiger charge is -2.17. The number of likely N-dealkylation sites (tertiary alicyclic amines) is 1. The zero-order chi connectivity index (χ0) is 17.9. The Labute approximate surface area is 152 Å². The molecule has 0 saturated carbocycles. The maximum Gasteiger partial charge on any atom is 0.255 e. The summed E-state index contributed by atoms with van der Waals surface area (Å²) in [5, 5.41) is 10.9. The van der Waals surface area contributed by atoms with Crippen LogP contribution in [-0.2, 0) is 0 Å². The van der Waals surface area contributed by atoms with E-state index in [1.54, 1.807) is 16.8 Å². The second-order valence-electron chi connectivity index (χ2n) is 6.88. The molecule has 2 aromatic heterocycles. The number of amides is 1. The van der Waals surface area contributed by atoms with E-state index in [4.69, 9.17) is 0 Å². The van der Waals surface area contributed by atoms with Crippen LogP contribution in [0.1, 0.15) is 33.8 Å². The lowest BCUT2D eigenvalue weighted by atomic mass is 9.94. The van der Waals surface area contributed by atoms with Gasteiger partial charge in [-0.1, -0.05) is 24.3 Å². The SMILES string of the molecule is Cc1ccccc1C1CCN(CCNC(=O)c2cccn3cnnc23)C1. The van der Waals surface area contributed by atoms with Gasteiger partial charge >= 0.3 is 0 Å². The lowest BCUT2D eigenvalue weighted by Crippen LogP contribution is -2.34. The lowest BCUT2D eigenvalue weighted by molar-refractivity contribution is 0.0951. The molecule has 1 aliphatic heterocycles. The van der Waals surface area contributed by atoms with E-state index in [9.17, 15) is 4.79 Å². The molecule has 1 N–H and O–H groups in total. The zero-order valence-corrected chi connectivity index (χ0v) is 14.9. The first-order chi connectivity index (χ1) is 12.7. The van der Waals surface area contributed by atoms with Crippen LogP contribution in [0.2, 0.25) is 0 Å². The average Bonchev–Trinajstić information content (AvgIpc) is 3.31. The van der Waals surface area contributed by atoms with Gasteiger partial charge in [-0.3, -0.25) is 9.20 Å². The Morgan fingerprint density at radius 3 is 3.04 bits per heavy atom. The van der Waals surface area contributed by atoms with E-state index in [0.29, 0.717) is 23.7 Å². The molecule has 1 saturated heterocycles. The average molecular weight is 349 g/mol. The molecule has 26 heavy (non-hydrogen) atoms. The van der Waals surface area contributed by atoms with Gasteiger partial charge in [0.05, 0.1) is 5.56 Å². The molecule has 1 amide bonds. The number of carbonyl (C=O) groups is 1. The summed E-state index contributed by atoms with van der Waals surface area (Å²) < 4.78 is 1.75. The smallest absolute Gasteiger partial charge is 0.255 e. The van der Waals surface area contributed by atoms with Crippen LogP contribution >= 0.6 is 0 Å². The maximum atomic E-state index is 12.5. The number of aromatic nitrogens is 3. The number of benzene rings is 1. The number of aryl methyl sites for hydroxylation is 1. The summed E-state index contributed by atoms with van der Waals surface area (Å²) in [6.45, 7) is 5.82.